The predicted octanol–water partition coefficient (Wildman–Crippen LogP) is 2.36. The van der Waals surface area contributed by atoms with E-state index in [0.717, 1.165) is 51.4 Å². The molecule has 0 saturated carbocycles. The summed E-state index contributed by atoms with van der Waals surface area (Å²) in [4.78, 5) is 106. The number of hydrogen-bond acceptors (Lipinski definition) is 19. The number of aliphatic carboxylic acids is 1. The molecular weight excluding hydrogens is 1050 g/mol. The number of carboxylic acid groups (broad SMARTS) is 2. The van der Waals surface area contributed by atoms with Crippen LogP contribution in [0.15, 0.2) is 24.3 Å². The number of Topliss-reactive ketones (excluding diaryl/α,β-unsaturated/α-hetero) is 3. The third-order valence-electron chi connectivity index (χ3n) is 11.7. The maximum atomic E-state index is 12.5. The molecule has 1 aromatic rings. The summed E-state index contributed by atoms with van der Waals surface area (Å²) in [6.07, 6.45) is 9.55. The zero-order valence-electron chi connectivity index (χ0n) is 46.9. The lowest BCUT2D eigenvalue weighted by molar-refractivity contribution is -0.144. The lowest BCUT2D eigenvalue weighted by atomic mass is 9.94. The Morgan fingerprint density at radius 3 is 1.40 bits per heavy atom. The minimum atomic E-state index is -1.11. The van der Waals surface area contributed by atoms with Gasteiger partial charge in [0.25, 0.3) is 0 Å². The van der Waals surface area contributed by atoms with Crippen LogP contribution in [0.25, 0.3) is 0 Å². The SMILES string of the molecule is CC(=O)[C@@H](N)CCCCNC(=O)COCCOCCCC(=O)COCCOCCNC(=O)COCCOCCNC(=O)COCCOCCNC(=O)CC[C@H](CC(=O)CCCCCCCCCOc1ccc(C(=O)O)cc1)C(=O)O. The van der Waals surface area contributed by atoms with Gasteiger partial charge >= 0.3 is 11.9 Å². The molecule has 4 amide bonds. The first kappa shape index (κ1) is 72.5. The fourth-order valence-electron chi connectivity index (χ4n) is 7.14. The number of hydrogen-bond donors (Lipinski definition) is 7. The van der Waals surface area contributed by atoms with Crippen molar-refractivity contribution in [1.29, 1.82) is 0 Å². The van der Waals surface area contributed by atoms with Crippen LogP contribution in [-0.4, -0.2) is 208 Å². The minimum Gasteiger partial charge on any atom is -0.494 e. The second-order valence-corrected chi connectivity index (χ2v) is 18.6. The van der Waals surface area contributed by atoms with Crippen molar-refractivity contribution in [3.63, 3.8) is 0 Å². The van der Waals surface area contributed by atoms with E-state index >= 15 is 0 Å². The molecule has 0 heterocycles. The van der Waals surface area contributed by atoms with Gasteiger partial charge in [0, 0.05) is 58.5 Å². The van der Waals surface area contributed by atoms with Crippen molar-refractivity contribution in [2.45, 2.75) is 116 Å². The summed E-state index contributed by atoms with van der Waals surface area (Å²) < 4.78 is 48.5. The monoisotopic (exact) mass is 1140 g/mol. The molecule has 0 aliphatic heterocycles. The van der Waals surface area contributed by atoms with Crippen LogP contribution >= 0.6 is 0 Å². The van der Waals surface area contributed by atoms with Gasteiger partial charge < -0.3 is 79.8 Å². The highest BCUT2D eigenvalue weighted by atomic mass is 16.5. The average molecular weight is 1140 g/mol. The quantitative estimate of drug-likeness (QED) is 0.0460. The number of carboxylic acids is 2. The summed E-state index contributed by atoms with van der Waals surface area (Å²) >= 11 is 0. The molecule has 0 aliphatic rings. The number of rotatable bonds is 57. The highest BCUT2D eigenvalue weighted by molar-refractivity contribution is 5.87. The van der Waals surface area contributed by atoms with Crippen molar-refractivity contribution in [3.8, 4) is 5.75 Å². The van der Waals surface area contributed by atoms with Crippen LogP contribution in [-0.2, 0) is 76.3 Å². The number of carbonyl (C=O) groups excluding carboxylic acids is 7. The summed E-state index contributed by atoms with van der Waals surface area (Å²) in [7, 11) is 0. The number of unbranched alkanes of at least 4 members (excludes halogenated alkanes) is 7. The van der Waals surface area contributed by atoms with Gasteiger partial charge in [-0.3, -0.25) is 38.4 Å². The van der Waals surface area contributed by atoms with Crippen LogP contribution in [0.3, 0.4) is 0 Å². The van der Waals surface area contributed by atoms with Crippen LogP contribution in [0.1, 0.15) is 120 Å². The van der Waals surface area contributed by atoms with Crippen molar-refractivity contribution in [1.82, 2.24) is 21.3 Å². The second-order valence-electron chi connectivity index (χ2n) is 18.6. The molecule has 80 heavy (non-hydrogen) atoms. The van der Waals surface area contributed by atoms with Gasteiger partial charge in [-0.2, -0.15) is 0 Å². The van der Waals surface area contributed by atoms with Crippen LogP contribution in [0.2, 0.25) is 0 Å². The van der Waals surface area contributed by atoms with Crippen molar-refractivity contribution < 1.29 is 96.0 Å². The number of amides is 4. The zero-order chi connectivity index (χ0) is 58.7. The number of nitrogens with two attached hydrogens (primary N) is 1. The normalized spacial score (nSPS) is 11.8. The van der Waals surface area contributed by atoms with Crippen molar-refractivity contribution in [2.24, 2.45) is 11.7 Å². The molecule has 0 fully saturated rings. The third kappa shape index (κ3) is 45.2. The van der Waals surface area contributed by atoms with E-state index in [4.69, 9.17) is 53.5 Å². The Bertz CT molecular complexity index is 1880. The number of carbonyl (C=O) groups is 9. The van der Waals surface area contributed by atoms with Gasteiger partial charge in [-0.1, -0.05) is 32.1 Å². The molecule has 0 aromatic heterocycles. The van der Waals surface area contributed by atoms with E-state index in [1.807, 2.05) is 0 Å². The zero-order valence-corrected chi connectivity index (χ0v) is 46.9. The number of nitrogens with one attached hydrogen (secondary N) is 4. The number of ether oxygens (including phenoxy) is 9. The van der Waals surface area contributed by atoms with Crippen LogP contribution in [0, 0.1) is 5.92 Å². The molecule has 0 spiro atoms. The maximum Gasteiger partial charge on any atom is 0.335 e. The van der Waals surface area contributed by atoms with Gasteiger partial charge in [0.05, 0.1) is 96.8 Å². The summed E-state index contributed by atoms with van der Waals surface area (Å²) in [6.45, 7) is 5.49. The molecular formula is C55H91N5O20. The highest BCUT2D eigenvalue weighted by Gasteiger charge is 2.22. The van der Waals surface area contributed by atoms with E-state index in [0.29, 0.717) is 64.2 Å². The lowest BCUT2D eigenvalue weighted by Crippen LogP contribution is -2.32. The van der Waals surface area contributed by atoms with E-state index in [1.54, 1.807) is 12.1 Å². The summed E-state index contributed by atoms with van der Waals surface area (Å²) in [5.74, 6) is -3.86. The van der Waals surface area contributed by atoms with Crippen LogP contribution in [0.4, 0.5) is 0 Å². The molecule has 25 heteroatoms. The Balaban J connectivity index is 1.85. The molecule has 456 valence electrons. The van der Waals surface area contributed by atoms with Crippen molar-refractivity contribution >= 4 is 52.9 Å². The molecule has 2 atom stereocenters. The predicted molar refractivity (Wildman–Crippen MR) is 291 cm³/mol. The molecule has 25 nitrogen and oxygen atoms in total. The summed E-state index contributed by atoms with van der Waals surface area (Å²) in [6, 6.07) is 5.85. The Morgan fingerprint density at radius 2 is 0.887 bits per heavy atom. The lowest BCUT2D eigenvalue weighted by Gasteiger charge is -2.12. The van der Waals surface area contributed by atoms with E-state index in [-0.39, 0.29) is 178 Å². The Kier molecular flexibility index (Phi) is 45.7. The van der Waals surface area contributed by atoms with Gasteiger partial charge in [-0.15, -0.1) is 0 Å². The maximum absolute atomic E-state index is 12.5. The van der Waals surface area contributed by atoms with Gasteiger partial charge in [0.1, 0.15) is 43.7 Å². The first-order valence-electron chi connectivity index (χ1n) is 27.8. The summed E-state index contributed by atoms with van der Waals surface area (Å²) in [5.41, 5.74) is 5.89. The fraction of sp³-hybridized carbons (Fsp3) is 0.727. The first-order valence-corrected chi connectivity index (χ1v) is 27.8. The third-order valence-corrected chi connectivity index (χ3v) is 11.7. The molecule has 0 aliphatic carbocycles. The van der Waals surface area contributed by atoms with E-state index < -0.39 is 23.9 Å². The standard InChI is InChI=1S/C55H91N5O20/c1-43(61)49(56)14-8-9-21-57-51(65)40-77-35-30-72-25-11-13-47(63)39-76-34-31-74-28-23-59-52(66)42-79-37-33-75-29-24-60-53(67)41-78-36-32-73-27-22-58-50(64)20-17-45(55(70)71)38-46(62)12-7-5-3-2-4-6-10-26-80-48-18-15-44(16-19-48)54(68)69/h15-16,18-19,45,49H,2-14,17,20-42,56H2,1H3,(H,57,65)(H,58,64)(H,59,66)(H,60,67)(H,68,69)(H,70,71)/t45-,49+/m1/s1. The van der Waals surface area contributed by atoms with E-state index in [2.05, 4.69) is 21.3 Å². The Hall–Kier alpha value is -5.51. The van der Waals surface area contributed by atoms with Crippen LogP contribution < -0.4 is 31.7 Å². The minimum absolute atomic E-state index is 0.0362. The van der Waals surface area contributed by atoms with Gasteiger partial charge in [0.15, 0.2) is 5.78 Å². The smallest absolute Gasteiger partial charge is 0.335 e. The largest absolute Gasteiger partial charge is 0.494 e. The van der Waals surface area contributed by atoms with Crippen molar-refractivity contribution in [3.05, 3.63) is 29.8 Å². The number of ketones is 3. The van der Waals surface area contributed by atoms with Crippen LogP contribution in [0.5, 0.6) is 5.75 Å². The topological polar surface area (TPSA) is 351 Å². The fourth-order valence-corrected chi connectivity index (χ4v) is 7.14. The molecule has 0 bridgehead atoms. The Morgan fingerprint density at radius 1 is 0.438 bits per heavy atom. The van der Waals surface area contributed by atoms with Crippen molar-refractivity contribution in [2.75, 3.05) is 138 Å². The number of benzene rings is 1. The molecule has 0 unspecified atom stereocenters. The first-order chi connectivity index (χ1) is 38.7. The van der Waals surface area contributed by atoms with Gasteiger partial charge in [-0.25, -0.2) is 4.79 Å². The van der Waals surface area contributed by atoms with Gasteiger partial charge in [0.2, 0.25) is 23.6 Å². The highest BCUT2D eigenvalue weighted by Crippen LogP contribution is 2.17. The molecule has 8 N–H and O–H groups in total. The molecule has 1 rings (SSSR count). The molecule has 1 aromatic carbocycles. The molecule has 0 saturated heterocycles. The number of aromatic carboxylic acids is 1. The Labute approximate surface area is 470 Å². The van der Waals surface area contributed by atoms with E-state index in [9.17, 15) is 48.3 Å². The second kappa shape index (κ2) is 50.5. The van der Waals surface area contributed by atoms with Gasteiger partial charge in [-0.05, 0) is 76.1 Å². The average Bonchev–Trinajstić information content (AvgIpc) is 3.43. The van der Waals surface area contributed by atoms with E-state index in [1.165, 1.54) is 19.1 Å². The summed E-state index contributed by atoms with van der Waals surface area (Å²) in [5, 5.41) is 29.3. The molecule has 0 radical (unpaired) electrons.